The van der Waals surface area contributed by atoms with Crippen molar-refractivity contribution in [3.63, 3.8) is 0 Å². The van der Waals surface area contributed by atoms with Crippen molar-refractivity contribution in [3.05, 3.63) is 35.3 Å². The summed E-state index contributed by atoms with van der Waals surface area (Å²) in [5.41, 5.74) is 1.17. The largest absolute Gasteiger partial charge is 0.425 e. The van der Waals surface area contributed by atoms with Crippen LogP contribution in [0.1, 0.15) is 24.1 Å². The number of fused-ring (bicyclic) bond motifs is 1. The van der Waals surface area contributed by atoms with Crippen LogP contribution in [0.2, 0.25) is 0 Å². The lowest BCUT2D eigenvalue weighted by molar-refractivity contribution is -0.134. The van der Waals surface area contributed by atoms with E-state index in [2.05, 4.69) is 20.3 Å². The summed E-state index contributed by atoms with van der Waals surface area (Å²) < 4.78 is 46.0. The van der Waals surface area contributed by atoms with Gasteiger partial charge in [0.15, 0.2) is 5.65 Å². The van der Waals surface area contributed by atoms with Crippen molar-refractivity contribution in [1.82, 2.24) is 19.5 Å². The molecule has 0 spiro atoms. The van der Waals surface area contributed by atoms with Gasteiger partial charge in [0.1, 0.15) is 16.4 Å². The van der Waals surface area contributed by atoms with Crippen molar-refractivity contribution in [2.45, 2.75) is 37.5 Å². The molecule has 3 aromatic heterocycles. The van der Waals surface area contributed by atoms with E-state index >= 15 is 0 Å². The molecular formula is C20H22F3N5OS. The minimum atomic E-state index is -4.34. The number of thiophene rings is 1. The van der Waals surface area contributed by atoms with Gasteiger partial charge in [-0.3, -0.25) is 4.90 Å². The Labute approximate surface area is 175 Å². The van der Waals surface area contributed by atoms with E-state index in [1.807, 2.05) is 12.1 Å². The van der Waals surface area contributed by atoms with Gasteiger partial charge in [0.05, 0.1) is 17.7 Å². The molecule has 0 amide bonds. The lowest BCUT2D eigenvalue weighted by atomic mass is 10.0. The number of hydrogen-bond acceptors (Lipinski definition) is 6. The van der Waals surface area contributed by atoms with Crippen LogP contribution in [0.4, 0.5) is 19.0 Å². The van der Waals surface area contributed by atoms with Crippen LogP contribution in [-0.2, 0) is 10.9 Å². The number of nitrogens with one attached hydrogen (secondary N) is 1. The summed E-state index contributed by atoms with van der Waals surface area (Å²) in [4.78, 5) is 6.66. The maximum atomic E-state index is 13.0. The maximum Gasteiger partial charge on any atom is 0.425 e. The monoisotopic (exact) mass is 437 g/mol. The zero-order chi connectivity index (χ0) is 20.7. The van der Waals surface area contributed by atoms with Crippen molar-refractivity contribution in [3.8, 4) is 10.6 Å². The molecule has 0 aromatic carbocycles. The zero-order valence-corrected chi connectivity index (χ0v) is 17.0. The average Bonchev–Trinajstić information content (AvgIpc) is 3.47. The fraction of sp³-hybridized carbons (Fsp3) is 0.500. The molecule has 2 saturated heterocycles. The number of imidazole rings is 1. The Bertz CT molecular complexity index is 1020. The maximum absolute atomic E-state index is 13.0. The van der Waals surface area contributed by atoms with E-state index in [1.165, 1.54) is 6.07 Å². The number of likely N-dealkylation sites (tertiary alicyclic amines) is 1. The smallest absolute Gasteiger partial charge is 0.380 e. The number of alkyl halides is 3. The van der Waals surface area contributed by atoms with Gasteiger partial charge in [-0.1, -0.05) is 0 Å². The molecule has 0 radical (unpaired) electrons. The molecule has 5 heterocycles. The quantitative estimate of drug-likeness (QED) is 0.665. The van der Waals surface area contributed by atoms with E-state index in [9.17, 15) is 13.2 Å². The molecule has 2 fully saturated rings. The first kappa shape index (κ1) is 19.8. The fourth-order valence-electron chi connectivity index (χ4n) is 4.17. The Morgan fingerprint density at radius 3 is 2.63 bits per heavy atom. The predicted octanol–water partition coefficient (Wildman–Crippen LogP) is 4.14. The standard InChI is InChI=1S/C20H22F3N5OS/c21-20(22,23)17-2-1-16(30-17)15-11-24-19-4-3-18(26-28(15)19)25-13-5-8-27(9-6-13)14-7-10-29-12-14/h1-4,11,13-14H,5-10,12H2,(H,25,26). The van der Waals surface area contributed by atoms with Gasteiger partial charge in [-0.05, 0) is 43.5 Å². The third-order valence-electron chi connectivity index (χ3n) is 5.80. The third kappa shape index (κ3) is 3.91. The van der Waals surface area contributed by atoms with Gasteiger partial charge < -0.3 is 10.1 Å². The van der Waals surface area contributed by atoms with Crippen LogP contribution in [0, 0.1) is 0 Å². The highest BCUT2D eigenvalue weighted by Crippen LogP contribution is 2.38. The van der Waals surface area contributed by atoms with Crippen LogP contribution in [0.15, 0.2) is 30.5 Å². The molecule has 160 valence electrons. The lowest BCUT2D eigenvalue weighted by Gasteiger charge is -2.35. The Kier molecular flexibility index (Phi) is 5.16. The number of rotatable bonds is 4. The molecule has 0 bridgehead atoms. The second-order valence-electron chi connectivity index (χ2n) is 7.77. The average molecular weight is 437 g/mol. The van der Waals surface area contributed by atoms with Gasteiger partial charge in [0.25, 0.3) is 0 Å². The number of nitrogens with zero attached hydrogens (tertiary/aromatic N) is 4. The van der Waals surface area contributed by atoms with Crippen LogP contribution in [-0.4, -0.2) is 57.9 Å². The van der Waals surface area contributed by atoms with E-state index in [1.54, 1.807) is 10.7 Å². The summed E-state index contributed by atoms with van der Waals surface area (Å²) in [5.74, 6) is 0.706. The minimum Gasteiger partial charge on any atom is -0.380 e. The molecule has 0 saturated carbocycles. The summed E-state index contributed by atoms with van der Waals surface area (Å²) in [6.45, 7) is 3.74. The van der Waals surface area contributed by atoms with Crippen LogP contribution in [0.5, 0.6) is 0 Å². The zero-order valence-electron chi connectivity index (χ0n) is 16.2. The molecule has 1 atom stereocenters. The molecule has 1 unspecified atom stereocenters. The van der Waals surface area contributed by atoms with Crippen LogP contribution >= 0.6 is 11.3 Å². The van der Waals surface area contributed by atoms with E-state index in [-0.39, 0.29) is 0 Å². The minimum absolute atomic E-state index is 0.319. The Balaban J connectivity index is 1.30. The number of anilines is 1. The second kappa shape index (κ2) is 7.82. The fourth-order valence-corrected chi connectivity index (χ4v) is 5.04. The van der Waals surface area contributed by atoms with E-state index < -0.39 is 11.1 Å². The first-order valence-corrected chi connectivity index (χ1v) is 10.9. The molecule has 0 aliphatic carbocycles. The van der Waals surface area contributed by atoms with Crippen molar-refractivity contribution in [1.29, 1.82) is 0 Å². The summed E-state index contributed by atoms with van der Waals surface area (Å²) in [6, 6.07) is 7.15. The Hall–Kier alpha value is -2.17. The van der Waals surface area contributed by atoms with Gasteiger partial charge in [0.2, 0.25) is 0 Å². The van der Waals surface area contributed by atoms with Gasteiger partial charge >= 0.3 is 6.18 Å². The Morgan fingerprint density at radius 1 is 1.10 bits per heavy atom. The van der Waals surface area contributed by atoms with Crippen molar-refractivity contribution in [2.75, 3.05) is 31.6 Å². The first-order valence-electron chi connectivity index (χ1n) is 10.1. The molecule has 1 N–H and O–H groups in total. The van der Waals surface area contributed by atoms with Crippen LogP contribution in [0.3, 0.4) is 0 Å². The highest BCUT2D eigenvalue weighted by molar-refractivity contribution is 7.15. The number of aromatic nitrogens is 3. The molecule has 5 rings (SSSR count). The summed E-state index contributed by atoms with van der Waals surface area (Å²) >= 11 is 0.704. The highest BCUT2D eigenvalue weighted by atomic mass is 32.1. The van der Waals surface area contributed by atoms with Gasteiger partial charge in [0, 0.05) is 31.8 Å². The molecule has 30 heavy (non-hydrogen) atoms. The molecule has 6 nitrogen and oxygen atoms in total. The molecule has 2 aliphatic heterocycles. The third-order valence-corrected chi connectivity index (χ3v) is 6.96. The van der Waals surface area contributed by atoms with Crippen LogP contribution in [0.25, 0.3) is 16.2 Å². The molecule has 2 aliphatic rings. The van der Waals surface area contributed by atoms with Crippen LogP contribution < -0.4 is 5.32 Å². The second-order valence-corrected chi connectivity index (χ2v) is 8.85. The van der Waals surface area contributed by atoms with Crippen molar-refractivity contribution >= 4 is 22.8 Å². The van der Waals surface area contributed by atoms with E-state index in [0.717, 1.165) is 51.6 Å². The molecular weight excluding hydrogens is 415 g/mol. The number of halogens is 3. The Morgan fingerprint density at radius 2 is 1.93 bits per heavy atom. The number of piperidine rings is 1. The summed E-state index contributed by atoms with van der Waals surface area (Å²) in [6.07, 6.45) is 0.377. The summed E-state index contributed by atoms with van der Waals surface area (Å²) in [5, 5.41) is 8.10. The molecule has 10 heteroatoms. The predicted molar refractivity (Wildman–Crippen MR) is 109 cm³/mol. The normalized spacial score (nSPS) is 21.5. The van der Waals surface area contributed by atoms with Gasteiger partial charge in [-0.25, -0.2) is 9.50 Å². The topological polar surface area (TPSA) is 54.7 Å². The van der Waals surface area contributed by atoms with Crippen molar-refractivity contribution < 1.29 is 17.9 Å². The SMILES string of the molecule is FC(F)(F)c1ccc(-c2cnc3ccc(NC4CCN(C5CCOC5)CC4)nn23)s1. The van der Waals surface area contributed by atoms with Crippen molar-refractivity contribution in [2.24, 2.45) is 0 Å². The lowest BCUT2D eigenvalue weighted by Crippen LogP contribution is -2.45. The number of ether oxygens (including phenoxy) is 1. The van der Waals surface area contributed by atoms with Gasteiger partial charge in [-0.15, -0.1) is 16.4 Å². The van der Waals surface area contributed by atoms with Gasteiger partial charge in [-0.2, -0.15) is 13.2 Å². The molecule has 3 aromatic rings. The van der Waals surface area contributed by atoms with E-state index in [0.29, 0.717) is 45.5 Å². The highest BCUT2D eigenvalue weighted by Gasteiger charge is 2.33. The number of hydrogen-bond donors (Lipinski definition) is 1. The summed E-state index contributed by atoms with van der Waals surface area (Å²) in [7, 11) is 0. The first-order chi connectivity index (χ1) is 14.5. The van der Waals surface area contributed by atoms with E-state index in [4.69, 9.17) is 4.74 Å².